The maximum absolute atomic E-state index is 14.3. The van der Waals surface area contributed by atoms with Crippen molar-refractivity contribution in [2.24, 2.45) is 0 Å². The fourth-order valence-electron chi connectivity index (χ4n) is 3.01. The molecule has 1 atom stereocenters. The molecule has 2 amide bonds. The quantitative estimate of drug-likeness (QED) is 0.423. The Morgan fingerprint density at radius 1 is 1.16 bits per heavy atom. The number of aryl methyl sites for hydroxylation is 1. The van der Waals surface area contributed by atoms with Crippen molar-refractivity contribution >= 4 is 39.1 Å². The molecule has 0 radical (unpaired) electrons. The topological polar surface area (TPSA) is 111 Å². The van der Waals surface area contributed by atoms with Gasteiger partial charge in [0.25, 0.3) is 0 Å². The summed E-state index contributed by atoms with van der Waals surface area (Å²) in [6.45, 7) is 3.03. The van der Waals surface area contributed by atoms with Crippen LogP contribution in [0.15, 0.2) is 30.9 Å². The second-order valence-corrected chi connectivity index (χ2v) is 7.76. The van der Waals surface area contributed by atoms with Crippen molar-refractivity contribution in [1.82, 2.24) is 29.9 Å². The van der Waals surface area contributed by atoms with Gasteiger partial charge in [0.2, 0.25) is 0 Å². The molecule has 0 fully saturated rings. The van der Waals surface area contributed by atoms with Crippen LogP contribution < -0.4 is 10.6 Å². The van der Waals surface area contributed by atoms with Crippen LogP contribution in [0.4, 0.5) is 33.7 Å². The summed E-state index contributed by atoms with van der Waals surface area (Å²) in [5.41, 5.74) is -0.887. The molecule has 0 saturated carbocycles. The van der Waals surface area contributed by atoms with E-state index in [-0.39, 0.29) is 16.9 Å². The molecule has 0 bridgehead atoms. The van der Waals surface area contributed by atoms with Crippen molar-refractivity contribution in [2.45, 2.75) is 26.2 Å². The number of urea groups is 1. The van der Waals surface area contributed by atoms with Crippen LogP contribution in [0.3, 0.4) is 0 Å². The Morgan fingerprint density at radius 3 is 2.53 bits per heavy atom. The van der Waals surface area contributed by atoms with E-state index in [2.05, 4.69) is 35.8 Å². The molecule has 14 heteroatoms. The molecule has 0 aliphatic carbocycles. The number of carbonyl (C=O) groups excluding carboxylic acids is 1. The Bertz CT molecular complexity index is 1290. The van der Waals surface area contributed by atoms with Gasteiger partial charge in [0, 0.05) is 5.56 Å². The highest BCUT2D eigenvalue weighted by atomic mass is 32.1. The average Bonchev–Trinajstić information content (AvgIpc) is 3.35. The van der Waals surface area contributed by atoms with Gasteiger partial charge in [-0.05, 0) is 19.9 Å². The number of aromatic nitrogens is 6. The molecule has 4 heterocycles. The first-order valence-corrected chi connectivity index (χ1v) is 9.87. The zero-order valence-corrected chi connectivity index (χ0v) is 17.3. The number of hydrogen-bond donors (Lipinski definition) is 2. The molecule has 0 aromatic carbocycles. The minimum absolute atomic E-state index is 0.0525. The van der Waals surface area contributed by atoms with E-state index in [9.17, 15) is 22.4 Å². The summed E-state index contributed by atoms with van der Waals surface area (Å²) in [5.74, 6) is -0.546. The van der Waals surface area contributed by atoms with E-state index < -0.39 is 29.8 Å². The van der Waals surface area contributed by atoms with Gasteiger partial charge in [-0.1, -0.05) is 11.3 Å². The smallest absolute Gasteiger partial charge is 0.306 e. The highest BCUT2D eigenvalue weighted by Gasteiger charge is 2.36. The molecule has 32 heavy (non-hydrogen) atoms. The third kappa shape index (κ3) is 4.21. The molecule has 4 aromatic heterocycles. The lowest BCUT2D eigenvalue weighted by atomic mass is 10.1. The molecule has 0 aliphatic rings. The first-order valence-electron chi connectivity index (χ1n) is 9.05. The van der Waals surface area contributed by atoms with Gasteiger partial charge in [0.1, 0.15) is 22.1 Å². The summed E-state index contributed by atoms with van der Waals surface area (Å²) in [7, 11) is 0. The fourth-order valence-corrected chi connectivity index (χ4v) is 3.78. The van der Waals surface area contributed by atoms with Crippen LogP contribution in [0.5, 0.6) is 0 Å². The Balaban J connectivity index is 1.62. The Labute approximate surface area is 181 Å². The SMILES string of the molecule is Cc1nc2c(C(C)F)c(NC(=O)Nc3cnc(-n4nccn4)c(C(F)(F)F)c3)cnc2s1. The van der Waals surface area contributed by atoms with Gasteiger partial charge in [-0.15, -0.1) is 4.80 Å². The van der Waals surface area contributed by atoms with Crippen LogP contribution in [0.2, 0.25) is 0 Å². The lowest BCUT2D eigenvalue weighted by Gasteiger charge is -2.15. The Hall–Kier alpha value is -3.68. The van der Waals surface area contributed by atoms with Crippen LogP contribution in [0.25, 0.3) is 16.2 Å². The van der Waals surface area contributed by atoms with E-state index in [0.717, 1.165) is 11.0 Å². The van der Waals surface area contributed by atoms with E-state index in [4.69, 9.17) is 0 Å². The van der Waals surface area contributed by atoms with Gasteiger partial charge in [-0.25, -0.2) is 24.1 Å². The van der Waals surface area contributed by atoms with E-state index in [1.807, 2.05) is 0 Å². The fraction of sp³-hybridized carbons (Fsp3) is 0.222. The molecule has 0 spiro atoms. The number of rotatable bonds is 4. The molecular weight excluding hydrogens is 452 g/mol. The number of anilines is 2. The van der Waals surface area contributed by atoms with Crippen LogP contribution in [-0.4, -0.2) is 36.0 Å². The number of pyridine rings is 2. The van der Waals surface area contributed by atoms with E-state index in [1.165, 1.54) is 36.9 Å². The first-order chi connectivity index (χ1) is 15.1. The highest BCUT2D eigenvalue weighted by Crippen LogP contribution is 2.35. The van der Waals surface area contributed by atoms with Crippen molar-refractivity contribution in [3.8, 4) is 5.82 Å². The number of hydrogen-bond acceptors (Lipinski definition) is 7. The van der Waals surface area contributed by atoms with Gasteiger partial charge in [-0.2, -0.15) is 23.4 Å². The van der Waals surface area contributed by atoms with Crippen LogP contribution in [-0.2, 0) is 6.18 Å². The number of thiazole rings is 1. The number of carbonyl (C=O) groups is 1. The van der Waals surface area contributed by atoms with Crippen molar-refractivity contribution in [3.63, 3.8) is 0 Å². The second-order valence-electron chi connectivity index (χ2n) is 6.58. The normalized spacial score (nSPS) is 12.7. The van der Waals surface area contributed by atoms with Gasteiger partial charge in [0.15, 0.2) is 5.82 Å². The van der Waals surface area contributed by atoms with Crippen LogP contribution in [0.1, 0.15) is 29.2 Å². The molecule has 1 unspecified atom stereocenters. The highest BCUT2D eigenvalue weighted by molar-refractivity contribution is 7.18. The minimum atomic E-state index is -4.78. The molecule has 166 valence electrons. The lowest BCUT2D eigenvalue weighted by molar-refractivity contribution is -0.137. The average molecular weight is 466 g/mol. The second kappa shape index (κ2) is 8.11. The van der Waals surface area contributed by atoms with Crippen molar-refractivity contribution in [3.05, 3.63) is 47.0 Å². The number of amides is 2. The van der Waals surface area contributed by atoms with Gasteiger partial charge < -0.3 is 10.6 Å². The summed E-state index contributed by atoms with van der Waals surface area (Å²) in [5, 5.41) is 12.7. The molecule has 2 N–H and O–H groups in total. The molecule has 0 saturated heterocycles. The number of fused-ring (bicyclic) bond motifs is 1. The minimum Gasteiger partial charge on any atom is -0.306 e. The molecule has 4 aromatic rings. The van der Waals surface area contributed by atoms with E-state index in [0.29, 0.717) is 21.4 Å². The first kappa shape index (κ1) is 21.5. The maximum Gasteiger partial charge on any atom is 0.420 e. The maximum atomic E-state index is 14.3. The summed E-state index contributed by atoms with van der Waals surface area (Å²) in [6.07, 6.45) is -1.54. The number of nitrogens with zero attached hydrogens (tertiary/aromatic N) is 6. The number of alkyl halides is 4. The van der Waals surface area contributed by atoms with Gasteiger partial charge >= 0.3 is 12.2 Å². The number of nitrogens with one attached hydrogen (secondary N) is 2. The third-order valence-corrected chi connectivity index (χ3v) is 5.14. The molecule has 4 rings (SSSR count). The van der Waals surface area contributed by atoms with Crippen molar-refractivity contribution < 1.29 is 22.4 Å². The Kier molecular flexibility index (Phi) is 5.46. The summed E-state index contributed by atoms with van der Waals surface area (Å²) in [6, 6.07) is -0.199. The predicted octanol–water partition coefficient (Wildman–Crippen LogP) is 4.67. The zero-order chi connectivity index (χ0) is 23.0. The monoisotopic (exact) mass is 466 g/mol. The van der Waals surface area contributed by atoms with Gasteiger partial charge in [-0.3, -0.25) is 0 Å². The zero-order valence-electron chi connectivity index (χ0n) is 16.5. The predicted molar refractivity (Wildman–Crippen MR) is 108 cm³/mol. The van der Waals surface area contributed by atoms with Crippen molar-refractivity contribution in [2.75, 3.05) is 10.6 Å². The molecule has 9 nitrogen and oxygen atoms in total. The Morgan fingerprint density at radius 2 is 1.88 bits per heavy atom. The summed E-state index contributed by atoms with van der Waals surface area (Å²) < 4.78 is 54.8. The summed E-state index contributed by atoms with van der Waals surface area (Å²) in [4.78, 5) is 25.8. The summed E-state index contributed by atoms with van der Waals surface area (Å²) >= 11 is 1.27. The van der Waals surface area contributed by atoms with Gasteiger partial charge in [0.05, 0.1) is 41.2 Å². The third-order valence-electron chi connectivity index (χ3n) is 4.26. The van der Waals surface area contributed by atoms with Crippen LogP contribution >= 0.6 is 11.3 Å². The van der Waals surface area contributed by atoms with Crippen LogP contribution in [0, 0.1) is 6.92 Å². The molecular formula is C18H14F4N8OS. The van der Waals surface area contributed by atoms with Crippen molar-refractivity contribution in [1.29, 1.82) is 0 Å². The van der Waals surface area contributed by atoms with E-state index in [1.54, 1.807) is 6.92 Å². The largest absolute Gasteiger partial charge is 0.420 e. The van der Waals surface area contributed by atoms with E-state index >= 15 is 0 Å². The molecule has 0 aliphatic heterocycles. The standard InChI is InChI=1S/C18H14F4N8OS/c1-8(19)13-12(7-24-16-14(13)27-9(2)32-16)29-17(31)28-10-5-11(18(20,21)22)15(23-6-10)30-25-3-4-26-30/h3-8H,1-2H3,(H2,28,29,31). The number of halogens is 4. The lowest BCUT2D eigenvalue weighted by Crippen LogP contribution is -2.22.